The zero-order valence-corrected chi connectivity index (χ0v) is 14.6. The number of aromatic nitrogens is 2. The minimum absolute atomic E-state index is 0.0970. The van der Waals surface area contributed by atoms with Crippen LogP contribution in [-0.4, -0.2) is 21.1 Å². The van der Waals surface area contributed by atoms with E-state index in [4.69, 9.17) is 0 Å². The van der Waals surface area contributed by atoms with Gasteiger partial charge in [0.25, 0.3) is 0 Å². The number of amides is 1. The molecule has 6 heteroatoms. The fourth-order valence-corrected chi connectivity index (χ4v) is 3.18. The van der Waals surface area contributed by atoms with Gasteiger partial charge in [-0.05, 0) is 37.1 Å². The number of carbonyl (C=O) groups is 1. The molecule has 0 saturated carbocycles. The molecule has 0 spiro atoms. The van der Waals surface area contributed by atoms with Crippen molar-refractivity contribution in [2.24, 2.45) is 0 Å². The highest BCUT2D eigenvalue weighted by molar-refractivity contribution is 8.00. The van der Waals surface area contributed by atoms with Crippen LogP contribution < -0.4 is 5.32 Å². The lowest BCUT2D eigenvalue weighted by atomic mass is 10.2. The molecule has 0 aliphatic heterocycles. The molecule has 24 heavy (non-hydrogen) atoms. The zero-order valence-electron chi connectivity index (χ0n) is 13.8. The number of thioether (sulfide) groups is 1. The van der Waals surface area contributed by atoms with Gasteiger partial charge in [-0.2, -0.15) is 5.26 Å². The SMILES string of the molecule is CCCc1ccc(C#N)c(SC(CC)C(=O)Nc2ccncc2)n1. The Kier molecular flexibility index (Phi) is 6.76. The average Bonchev–Trinajstić information content (AvgIpc) is 2.61. The molecule has 2 rings (SSSR count). The van der Waals surface area contributed by atoms with Crippen molar-refractivity contribution in [2.45, 2.75) is 43.4 Å². The molecule has 5 nitrogen and oxygen atoms in total. The fraction of sp³-hybridized carbons (Fsp3) is 0.333. The monoisotopic (exact) mass is 340 g/mol. The highest BCUT2D eigenvalue weighted by Crippen LogP contribution is 2.28. The Hall–Kier alpha value is -2.39. The summed E-state index contributed by atoms with van der Waals surface area (Å²) in [6.07, 6.45) is 5.76. The largest absolute Gasteiger partial charge is 0.325 e. The summed E-state index contributed by atoms with van der Waals surface area (Å²) >= 11 is 1.35. The van der Waals surface area contributed by atoms with E-state index in [1.54, 1.807) is 30.6 Å². The molecule has 0 fully saturated rings. The van der Waals surface area contributed by atoms with Crippen molar-refractivity contribution in [3.05, 3.63) is 47.9 Å². The summed E-state index contributed by atoms with van der Waals surface area (Å²) in [5.74, 6) is -0.0970. The molecule has 0 aliphatic rings. The van der Waals surface area contributed by atoms with Crippen LogP contribution in [0, 0.1) is 11.3 Å². The van der Waals surface area contributed by atoms with Gasteiger partial charge in [-0.25, -0.2) is 4.98 Å². The molecular formula is C18H20N4OS. The van der Waals surface area contributed by atoms with Gasteiger partial charge in [-0.1, -0.05) is 32.0 Å². The molecule has 1 amide bonds. The van der Waals surface area contributed by atoms with E-state index in [0.29, 0.717) is 22.7 Å². The van der Waals surface area contributed by atoms with Crippen LogP contribution in [0.1, 0.15) is 37.9 Å². The summed E-state index contributed by atoms with van der Waals surface area (Å²) in [6.45, 7) is 4.04. The van der Waals surface area contributed by atoms with E-state index in [2.05, 4.69) is 28.3 Å². The van der Waals surface area contributed by atoms with E-state index in [9.17, 15) is 10.1 Å². The lowest BCUT2D eigenvalue weighted by Crippen LogP contribution is -2.24. The number of anilines is 1. The van der Waals surface area contributed by atoms with Crippen LogP contribution in [0.25, 0.3) is 0 Å². The Labute approximate surface area is 146 Å². The second-order valence-electron chi connectivity index (χ2n) is 5.26. The van der Waals surface area contributed by atoms with Crippen LogP contribution in [0.2, 0.25) is 0 Å². The third kappa shape index (κ3) is 4.80. The van der Waals surface area contributed by atoms with Crippen molar-refractivity contribution in [1.82, 2.24) is 9.97 Å². The Bertz CT molecular complexity index is 728. The molecule has 0 bridgehead atoms. The van der Waals surface area contributed by atoms with Crippen LogP contribution in [-0.2, 0) is 11.2 Å². The summed E-state index contributed by atoms with van der Waals surface area (Å²) in [7, 11) is 0. The van der Waals surface area contributed by atoms with Crippen LogP contribution >= 0.6 is 11.8 Å². The van der Waals surface area contributed by atoms with Gasteiger partial charge in [-0.15, -0.1) is 0 Å². The minimum atomic E-state index is -0.311. The normalized spacial score (nSPS) is 11.5. The van der Waals surface area contributed by atoms with Gasteiger partial charge >= 0.3 is 0 Å². The first-order valence-electron chi connectivity index (χ1n) is 7.95. The number of nitriles is 1. The first kappa shape index (κ1) is 18.0. The Morgan fingerprint density at radius 3 is 2.67 bits per heavy atom. The van der Waals surface area contributed by atoms with Crippen molar-refractivity contribution in [2.75, 3.05) is 5.32 Å². The smallest absolute Gasteiger partial charge is 0.237 e. The fourth-order valence-electron chi connectivity index (χ4n) is 2.16. The third-order valence-electron chi connectivity index (χ3n) is 3.41. The summed E-state index contributed by atoms with van der Waals surface area (Å²) in [5, 5.41) is 12.5. The zero-order chi connectivity index (χ0) is 17.4. The molecule has 0 aliphatic carbocycles. The van der Waals surface area contributed by atoms with Crippen molar-refractivity contribution in [3.8, 4) is 6.07 Å². The molecule has 1 atom stereocenters. The van der Waals surface area contributed by atoms with Crippen LogP contribution in [0.4, 0.5) is 5.69 Å². The van der Waals surface area contributed by atoms with E-state index in [0.717, 1.165) is 18.5 Å². The molecule has 124 valence electrons. The Morgan fingerprint density at radius 2 is 2.04 bits per heavy atom. The molecule has 1 unspecified atom stereocenters. The molecule has 0 radical (unpaired) electrons. The molecule has 0 saturated heterocycles. The molecule has 2 heterocycles. The van der Waals surface area contributed by atoms with Crippen molar-refractivity contribution >= 4 is 23.4 Å². The van der Waals surface area contributed by atoms with Gasteiger partial charge in [0.1, 0.15) is 11.1 Å². The number of nitrogens with one attached hydrogen (secondary N) is 1. The van der Waals surface area contributed by atoms with Crippen molar-refractivity contribution in [3.63, 3.8) is 0 Å². The number of aryl methyl sites for hydroxylation is 1. The summed E-state index contributed by atoms with van der Waals surface area (Å²) < 4.78 is 0. The van der Waals surface area contributed by atoms with Gasteiger partial charge in [0.15, 0.2) is 0 Å². The number of hydrogen-bond donors (Lipinski definition) is 1. The minimum Gasteiger partial charge on any atom is -0.325 e. The van der Waals surface area contributed by atoms with Gasteiger partial charge in [0.05, 0.1) is 10.8 Å². The van der Waals surface area contributed by atoms with E-state index in [-0.39, 0.29) is 11.2 Å². The molecule has 0 aromatic carbocycles. The van der Waals surface area contributed by atoms with E-state index < -0.39 is 0 Å². The lowest BCUT2D eigenvalue weighted by molar-refractivity contribution is -0.115. The number of hydrogen-bond acceptors (Lipinski definition) is 5. The van der Waals surface area contributed by atoms with Gasteiger partial charge in [0.2, 0.25) is 5.91 Å². The molecule has 1 N–H and O–H groups in total. The Balaban J connectivity index is 2.15. The van der Waals surface area contributed by atoms with Gasteiger partial charge in [-0.3, -0.25) is 9.78 Å². The number of nitrogens with zero attached hydrogens (tertiary/aromatic N) is 3. The highest BCUT2D eigenvalue weighted by Gasteiger charge is 2.20. The van der Waals surface area contributed by atoms with Gasteiger partial charge < -0.3 is 5.32 Å². The molecule has 2 aromatic rings. The molecular weight excluding hydrogens is 320 g/mol. The predicted octanol–water partition coefficient (Wildman–Crippen LogP) is 3.81. The Morgan fingerprint density at radius 1 is 1.29 bits per heavy atom. The maximum Gasteiger partial charge on any atom is 0.237 e. The maximum absolute atomic E-state index is 12.5. The van der Waals surface area contributed by atoms with E-state index >= 15 is 0 Å². The first-order valence-corrected chi connectivity index (χ1v) is 8.83. The highest BCUT2D eigenvalue weighted by atomic mass is 32.2. The van der Waals surface area contributed by atoms with E-state index in [1.165, 1.54) is 11.8 Å². The third-order valence-corrected chi connectivity index (χ3v) is 4.78. The maximum atomic E-state index is 12.5. The summed E-state index contributed by atoms with van der Waals surface area (Å²) in [6, 6.07) is 9.32. The standard InChI is InChI=1S/C18H20N4OS/c1-3-5-14-7-6-13(12-19)18(22-14)24-16(4-2)17(23)21-15-8-10-20-11-9-15/h6-11,16H,3-5H2,1-2H3,(H,20,21,23). The number of pyridine rings is 2. The number of rotatable bonds is 7. The van der Waals surface area contributed by atoms with E-state index in [1.807, 2.05) is 13.0 Å². The van der Waals surface area contributed by atoms with Gasteiger partial charge in [0, 0.05) is 23.8 Å². The van der Waals surface area contributed by atoms with Crippen LogP contribution in [0.3, 0.4) is 0 Å². The topological polar surface area (TPSA) is 78.7 Å². The van der Waals surface area contributed by atoms with Crippen molar-refractivity contribution < 1.29 is 4.79 Å². The van der Waals surface area contributed by atoms with Crippen LogP contribution in [0.5, 0.6) is 0 Å². The first-order chi connectivity index (χ1) is 11.7. The second kappa shape index (κ2) is 9.04. The summed E-state index contributed by atoms with van der Waals surface area (Å²) in [5.41, 5.74) is 2.17. The quantitative estimate of drug-likeness (QED) is 0.775. The predicted molar refractivity (Wildman–Crippen MR) is 95.7 cm³/mol. The molecule has 2 aromatic heterocycles. The van der Waals surface area contributed by atoms with Crippen molar-refractivity contribution in [1.29, 1.82) is 5.26 Å². The summed E-state index contributed by atoms with van der Waals surface area (Å²) in [4.78, 5) is 21.0. The number of carbonyl (C=O) groups excluding carboxylic acids is 1. The van der Waals surface area contributed by atoms with Crippen LogP contribution in [0.15, 0.2) is 41.7 Å². The average molecular weight is 340 g/mol. The lowest BCUT2D eigenvalue weighted by Gasteiger charge is -2.15. The second-order valence-corrected chi connectivity index (χ2v) is 6.45.